The van der Waals surface area contributed by atoms with E-state index in [2.05, 4.69) is 10.6 Å². The number of halogens is 1. The number of benzene rings is 1. The number of carbonyl (C=O) groups excluding carboxylic acids is 1. The number of anilines is 1. The molecule has 0 aromatic heterocycles. The first-order chi connectivity index (χ1) is 9.58. The van der Waals surface area contributed by atoms with Gasteiger partial charge in [0.25, 0.3) is 0 Å². The van der Waals surface area contributed by atoms with Crippen molar-refractivity contribution in [1.29, 1.82) is 0 Å². The van der Waals surface area contributed by atoms with E-state index in [1.54, 1.807) is 4.90 Å². The minimum absolute atomic E-state index is 0.269. The Labute approximate surface area is 115 Å². The summed E-state index contributed by atoms with van der Waals surface area (Å²) in [6.07, 6.45) is 0.858. The SMILES string of the molecule is O=C(O)c1cc(NC(=O)N2CCCNCC2)ccc1F. The molecule has 0 saturated carbocycles. The van der Waals surface area contributed by atoms with E-state index < -0.39 is 17.3 Å². The zero-order chi connectivity index (χ0) is 14.5. The molecule has 0 spiro atoms. The van der Waals surface area contributed by atoms with Crippen LogP contribution in [0.2, 0.25) is 0 Å². The Bertz CT molecular complexity index is 514. The minimum Gasteiger partial charge on any atom is -0.478 e. The largest absolute Gasteiger partial charge is 0.478 e. The van der Waals surface area contributed by atoms with Crippen LogP contribution in [0.5, 0.6) is 0 Å². The van der Waals surface area contributed by atoms with E-state index in [0.29, 0.717) is 13.1 Å². The average Bonchev–Trinajstić information content (AvgIpc) is 2.69. The lowest BCUT2D eigenvalue weighted by atomic mass is 10.2. The van der Waals surface area contributed by atoms with Crippen LogP contribution < -0.4 is 10.6 Å². The lowest BCUT2D eigenvalue weighted by Crippen LogP contribution is -2.37. The van der Waals surface area contributed by atoms with Crippen LogP contribution >= 0.6 is 0 Å². The molecule has 108 valence electrons. The van der Waals surface area contributed by atoms with Crippen molar-refractivity contribution in [1.82, 2.24) is 10.2 Å². The molecule has 3 N–H and O–H groups in total. The Morgan fingerprint density at radius 2 is 2.10 bits per heavy atom. The number of carbonyl (C=O) groups is 2. The quantitative estimate of drug-likeness (QED) is 0.764. The fourth-order valence-corrected chi connectivity index (χ4v) is 2.02. The molecule has 2 amide bonds. The predicted molar refractivity (Wildman–Crippen MR) is 71.4 cm³/mol. The highest BCUT2D eigenvalue weighted by atomic mass is 19.1. The maximum Gasteiger partial charge on any atom is 0.338 e. The molecule has 0 unspecified atom stereocenters. The van der Waals surface area contributed by atoms with Crippen LogP contribution in [0.25, 0.3) is 0 Å². The van der Waals surface area contributed by atoms with Crippen LogP contribution in [0.4, 0.5) is 14.9 Å². The molecule has 1 aliphatic heterocycles. The van der Waals surface area contributed by atoms with Crippen molar-refractivity contribution < 1.29 is 19.1 Å². The fourth-order valence-electron chi connectivity index (χ4n) is 2.02. The van der Waals surface area contributed by atoms with E-state index in [1.807, 2.05) is 0 Å². The number of hydrogen-bond acceptors (Lipinski definition) is 3. The summed E-state index contributed by atoms with van der Waals surface area (Å²) in [4.78, 5) is 24.5. The van der Waals surface area contributed by atoms with Crippen molar-refractivity contribution in [2.75, 3.05) is 31.5 Å². The molecule has 0 bridgehead atoms. The summed E-state index contributed by atoms with van der Waals surface area (Å²) in [5.41, 5.74) is -0.189. The molecule has 1 aromatic carbocycles. The second-order valence-corrected chi connectivity index (χ2v) is 4.52. The van der Waals surface area contributed by atoms with Crippen LogP contribution in [-0.2, 0) is 0 Å². The van der Waals surface area contributed by atoms with Gasteiger partial charge in [0.05, 0.1) is 5.56 Å². The van der Waals surface area contributed by atoms with Gasteiger partial charge in [0, 0.05) is 25.3 Å². The second-order valence-electron chi connectivity index (χ2n) is 4.52. The van der Waals surface area contributed by atoms with E-state index in [4.69, 9.17) is 5.11 Å². The summed E-state index contributed by atoms with van der Waals surface area (Å²) in [6, 6.07) is 3.18. The van der Waals surface area contributed by atoms with Gasteiger partial charge in [-0.15, -0.1) is 0 Å². The number of nitrogens with zero attached hydrogens (tertiary/aromatic N) is 1. The molecular formula is C13H16FN3O3. The number of carboxylic acids is 1. The topological polar surface area (TPSA) is 81.7 Å². The highest BCUT2D eigenvalue weighted by Gasteiger charge is 2.17. The monoisotopic (exact) mass is 281 g/mol. The van der Waals surface area contributed by atoms with Gasteiger partial charge in [-0.1, -0.05) is 0 Å². The van der Waals surface area contributed by atoms with Gasteiger partial charge >= 0.3 is 12.0 Å². The third kappa shape index (κ3) is 3.45. The molecule has 0 atom stereocenters. The van der Waals surface area contributed by atoms with Gasteiger partial charge in [0.1, 0.15) is 5.82 Å². The van der Waals surface area contributed by atoms with Gasteiger partial charge in [-0.05, 0) is 31.2 Å². The summed E-state index contributed by atoms with van der Waals surface area (Å²) in [5.74, 6) is -2.19. The van der Waals surface area contributed by atoms with Gasteiger partial charge < -0.3 is 20.6 Å². The third-order valence-corrected chi connectivity index (χ3v) is 3.08. The summed E-state index contributed by atoms with van der Waals surface area (Å²) in [6.45, 7) is 2.80. The highest BCUT2D eigenvalue weighted by molar-refractivity contribution is 5.93. The molecule has 20 heavy (non-hydrogen) atoms. The Morgan fingerprint density at radius 1 is 1.30 bits per heavy atom. The lowest BCUT2D eigenvalue weighted by molar-refractivity contribution is 0.0692. The zero-order valence-electron chi connectivity index (χ0n) is 10.9. The van der Waals surface area contributed by atoms with E-state index in [-0.39, 0.29) is 11.7 Å². The molecule has 1 heterocycles. The van der Waals surface area contributed by atoms with Crippen molar-refractivity contribution >= 4 is 17.7 Å². The van der Waals surface area contributed by atoms with Crippen LogP contribution in [0, 0.1) is 5.82 Å². The van der Waals surface area contributed by atoms with Crippen molar-refractivity contribution in [3.8, 4) is 0 Å². The van der Waals surface area contributed by atoms with E-state index in [9.17, 15) is 14.0 Å². The lowest BCUT2D eigenvalue weighted by Gasteiger charge is -2.20. The Kier molecular flexibility index (Phi) is 4.52. The molecule has 6 nitrogen and oxygen atoms in total. The van der Waals surface area contributed by atoms with Crippen molar-refractivity contribution in [3.63, 3.8) is 0 Å². The number of rotatable bonds is 2. The molecule has 2 rings (SSSR count). The number of nitrogens with one attached hydrogen (secondary N) is 2. The van der Waals surface area contributed by atoms with Crippen LogP contribution in [0.1, 0.15) is 16.8 Å². The summed E-state index contributed by atoms with van der Waals surface area (Å²) in [7, 11) is 0. The molecular weight excluding hydrogens is 265 g/mol. The molecule has 7 heteroatoms. The Balaban J connectivity index is 2.07. The maximum atomic E-state index is 13.3. The van der Waals surface area contributed by atoms with Crippen LogP contribution in [0.15, 0.2) is 18.2 Å². The first kappa shape index (κ1) is 14.3. The smallest absolute Gasteiger partial charge is 0.338 e. The Hall–Kier alpha value is -2.15. The van der Waals surface area contributed by atoms with Gasteiger partial charge in [-0.3, -0.25) is 0 Å². The number of urea groups is 1. The second kappa shape index (κ2) is 6.33. The standard InChI is InChI=1S/C13H16FN3O3/c14-11-3-2-9(8-10(11)12(18)19)16-13(20)17-6-1-4-15-5-7-17/h2-3,8,15H,1,4-7H2,(H,16,20)(H,18,19). The van der Waals surface area contributed by atoms with Gasteiger partial charge in [-0.2, -0.15) is 0 Å². The Morgan fingerprint density at radius 3 is 2.85 bits per heavy atom. The van der Waals surface area contributed by atoms with E-state index in [0.717, 1.165) is 31.6 Å². The molecule has 1 aliphatic rings. The number of carboxylic acid groups (broad SMARTS) is 1. The first-order valence-electron chi connectivity index (χ1n) is 6.37. The summed E-state index contributed by atoms with van der Waals surface area (Å²) in [5, 5.41) is 14.6. The number of hydrogen-bond donors (Lipinski definition) is 3. The molecule has 1 saturated heterocycles. The van der Waals surface area contributed by atoms with Crippen LogP contribution in [0.3, 0.4) is 0 Å². The molecule has 0 radical (unpaired) electrons. The maximum absolute atomic E-state index is 13.3. The van der Waals surface area contributed by atoms with Gasteiger partial charge in [-0.25, -0.2) is 14.0 Å². The summed E-state index contributed by atoms with van der Waals surface area (Å²) < 4.78 is 13.3. The fraction of sp³-hybridized carbons (Fsp3) is 0.385. The highest BCUT2D eigenvalue weighted by Crippen LogP contribution is 2.15. The number of aromatic carboxylic acids is 1. The van der Waals surface area contributed by atoms with Crippen LogP contribution in [-0.4, -0.2) is 48.2 Å². The van der Waals surface area contributed by atoms with E-state index in [1.165, 1.54) is 6.07 Å². The van der Waals surface area contributed by atoms with Crippen molar-refractivity contribution in [2.45, 2.75) is 6.42 Å². The molecule has 1 aromatic rings. The molecule has 0 aliphatic carbocycles. The normalized spacial score (nSPS) is 15.6. The van der Waals surface area contributed by atoms with Crippen molar-refractivity contribution in [2.24, 2.45) is 0 Å². The zero-order valence-corrected chi connectivity index (χ0v) is 10.9. The molecule has 1 fully saturated rings. The van der Waals surface area contributed by atoms with Gasteiger partial charge in [0.2, 0.25) is 0 Å². The van der Waals surface area contributed by atoms with Gasteiger partial charge in [0.15, 0.2) is 0 Å². The first-order valence-corrected chi connectivity index (χ1v) is 6.37. The summed E-state index contributed by atoms with van der Waals surface area (Å²) >= 11 is 0. The van der Waals surface area contributed by atoms with E-state index >= 15 is 0 Å². The van der Waals surface area contributed by atoms with Crippen molar-refractivity contribution in [3.05, 3.63) is 29.6 Å². The third-order valence-electron chi connectivity index (χ3n) is 3.08. The minimum atomic E-state index is -1.36. The predicted octanol–water partition coefficient (Wildman–Crippen LogP) is 1.35. The average molecular weight is 281 g/mol. The number of amides is 2.